The Morgan fingerprint density at radius 1 is 1.24 bits per heavy atom. The van der Waals surface area contributed by atoms with Crippen LogP contribution in [-0.2, 0) is 6.61 Å². The number of hydrogen-bond acceptors (Lipinski definition) is 4. The maximum atomic E-state index is 11.7. The van der Waals surface area contributed by atoms with Crippen LogP contribution in [0.4, 0.5) is 5.69 Å². The van der Waals surface area contributed by atoms with Crippen LogP contribution in [0.1, 0.15) is 22.8 Å². The van der Waals surface area contributed by atoms with E-state index < -0.39 is 0 Å². The Bertz CT molecular complexity index is 653. The van der Waals surface area contributed by atoms with E-state index in [4.69, 9.17) is 15.2 Å². The molecule has 2 rings (SSSR count). The molecule has 2 aromatic carbocycles. The van der Waals surface area contributed by atoms with E-state index in [2.05, 4.69) is 15.9 Å². The number of rotatable bonds is 5. The normalized spacial score (nSPS) is 10.2. The molecule has 0 fully saturated rings. The van der Waals surface area contributed by atoms with Gasteiger partial charge in [0.1, 0.15) is 12.4 Å². The van der Waals surface area contributed by atoms with Crippen LogP contribution in [0, 0.1) is 0 Å². The molecule has 0 atom stereocenters. The Labute approximate surface area is 132 Å². The Morgan fingerprint density at radius 2 is 1.90 bits per heavy atom. The summed E-state index contributed by atoms with van der Waals surface area (Å²) in [6.07, 6.45) is 0. The first kappa shape index (κ1) is 15.4. The number of ketones is 1. The summed E-state index contributed by atoms with van der Waals surface area (Å²) in [7, 11) is 1.62. The average Bonchev–Trinajstić information content (AvgIpc) is 2.46. The van der Waals surface area contributed by atoms with Crippen molar-refractivity contribution in [2.45, 2.75) is 13.5 Å². The lowest BCUT2D eigenvalue weighted by molar-refractivity contribution is 0.101. The number of nitrogen functional groups attached to an aromatic ring is 1. The molecule has 0 radical (unpaired) electrons. The van der Waals surface area contributed by atoms with Crippen molar-refractivity contribution in [3.05, 3.63) is 52.0 Å². The van der Waals surface area contributed by atoms with Crippen molar-refractivity contribution in [3.63, 3.8) is 0 Å². The van der Waals surface area contributed by atoms with Crippen LogP contribution in [0.3, 0.4) is 0 Å². The number of Topliss-reactive ketones (excluding diaryl/α,β-unsaturated/α-hetero) is 1. The van der Waals surface area contributed by atoms with E-state index in [0.717, 1.165) is 15.8 Å². The van der Waals surface area contributed by atoms with Crippen LogP contribution in [0.2, 0.25) is 0 Å². The Morgan fingerprint density at radius 3 is 2.48 bits per heavy atom. The third kappa shape index (κ3) is 3.76. The fourth-order valence-corrected chi connectivity index (χ4v) is 2.39. The molecular formula is C16H16BrNO3. The van der Waals surface area contributed by atoms with Gasteiger partial charge in [-0.2, -0.15) is 0 Å². The SMILES string of the molecule is COc1ccc(COc2c(N)cc(Br)cc2C(C)=O)cc1. The van der Waals surface area contributed by atoms with Crippen molar-refractivity contribution >= 4 is 27.4 Å². The zero-order chi connectivity index (χ0) is 15.4. The van der Waals surface area contributed by atoms with Gasteiger partial charge in [0.05, 0.1) is 18.4 Å². The molecule has 5 heteroatoms. The molecule has 0 amide bonds. The second-order valence-corrected chi connectivity index (χ2v) is 5.48. The largest absolute Gasteiger partial charge is 0.497 e. The number of ether oxygens (including phenoxy) is 2. The number of anilines is 1. The lowest BCUT2D eigenvalue weighted by atomic mass is 10.1. The van der Waals surface area contributed by atoms with Gasteiger partial charge in [-0.15, -0.1) is 0 Å². The summed E-state index contributed by atoms with van der Waals surface area (Å²) in [4.78, 5) is 11.7. The highest BCUT2D eigenvalue weighted by Gasteiger charge is 2.13. The minimum absolute atomic E-state index is 0.0901. The van der Waals surface area contributed by atoms with E-state index in [1.165, 1.54) is 6.92 Å². The quantitative estimate of drug-likeness (QED) is 0.658. The molecule has 0 spiro atoms. The van der Waals surface area contributed by atoms with Gasteiger partial charge in [0, 0.05) is 4.47 Å². The minimum atomic E-state index is -0.0901. The summed E-state index contributed by atoms with van der Waals surface area (Å²) in [6, 6.07) is 10.9. The predicted molar refractivity (Wildman–Crippen MR) is 85.9 cm³/mol. The Hall–Kier alpha value is -2.01. The lowest BCUT2D eigenvalue weighted by Gasteiger charge is -2.13. The van der Waals surface area contributed by atoms with Gasteiger partial charge in [0.25, 0.3) is 0 Å². The molecule has 0 saturated carbocycles. The second-order valence-electron chi connectivity index (χ2n) is 4.56. The van der Waals surface area contributed by atoms with Gasteiger partial charge in [-0.1, -0.05) is 28.1 Å². The predicted octanol–water partition coefficient (Wildman–Crippen LogP) is 3.82. The van der Waals surface area contributed by atoms with Crippen molar-refractivity contribution < 1.29 is 14.3 Å². The zero-order valence-electron chi connectivity index (χ0n) is 11.9. The van der Waals surface area contributed by atoms with E-state index in [1.807, 2.05) is 24.3 Å². The van der Waals surface area contributed by atoms with Crippen LogP contribution in [0.5, 0.6) is 11.5 Å². The average molecular weight is 350 g/mol. The molecule has 110 valence electrons. The number of hydrogen-bond donors (Lipinski definition) is 1. The molecule has 2 N–H and O–H groups in total. The van der Waals surface area contributed by atoms with Crippen LogP contribution < -0.4 is 15.2 Å². The third-order valence-electron chi connectivity index (χ3n) is 3.00. The summed E-state index contributed by atoms with van der Waals surface area (Å²) < 4.78 is 11.6. The standard InChI is InChI=1S/C16H16BrNO3/c1-10(19)14-7-12(17)8-15(18)16(14)21-9-11-3-5-13(20-2)6-4-11/h3-8H,9,18H2,1-2H3. The van der Waals surface area contributed by atoms with Crippen molar-refractivity contribution in [2.24, 2.45) is 0 Å². The van der Waals surface area contributed by atoms with E-state index >= 15 is 0 Å². The maximum Gasteiger partial charge on any atom is 0.163 e. The van der Waals surface area contributed by atoms with Gasteiger partial charge in [-0.3, -0.25) is 4.79 Å². The number of carbonyl (C=O) groups is 1. The smallest absolute Gasteiger partial charge is 0.163 e. The number of methoxy groups -OCH3 is 1. The van der Waals surface area contributed by atoms with Crippen molar-refractivity contribution in [1.82, 2.24) is 0 Å². The number of carbonyl (C=O) groups excluding carboxylic acids is 1. The Kier molecular flexibility index (Phi) is 4.85. The monoisotopic (exact) mass is 349 g/mol. The number of halogens is 1. The molecule has 0 aromatic heterocycles. The molecule has 0 unspecified atom stereocenters. The first-order chi connectivity index (χ1) is 10.0. The molecule has 2 aromatic rings. The summed E-state index contributed by atoms with van der Waals surface area (Å²) in [6.45, 7) is 1.82. The Balaban J connectivity index is 2.20. The number of benzene rings is 2. The highest BCUT2D eigenvalue weighted by molar-refractivity contribution is 9.10. The molecule has 4 nitrogen and oxygen atoms in total. The fourth-order valence-electron chi connectivity index (χ4n) is 1.91. The van der Waals surface area contributed by atoms with Gasteiger partial charge in [0.15, 0.2) is 11.5 Å². The van der Waals surface area contributed by atoms with E-state index in [0.29, 0.717) is 23.6 Å². The van der Waals surface area contributed by atoms with Gasteiger partial charge in [-0.25, -0.2) is 0 Å². The van der Waals surface area contributed by atoms with E-state index in [1.54, 1.807) is 19.2 Å². The summed E-state index contributed by atoms with van der Waals surface area (Å²) in [5, 5.41) is 0. The summed E-state index contributed by atoms with van der Waals surface area (Å²) in [5.41, 5.74) is 7.81. The summed E-state index contributed by atoms with van der Waals surface area (Å²) >= 11 is 3.33. The summed E-state index contributed by atoms with van der Waals surface area (Å²) in [5.74, 6) is 1.11. The van der Waals surface area contributed by atoms with Crippen molar-refractivity contribution in [3.8, 4) is 11.5 Å². The second kappa shape index (κ2) is 6.63. The van der Waals surface area contributed by atoms with Crippen LogP contribution in [0.15, 0.2) is 40.9 Å². The lowest BCUT2D eigenvalue weighted by Crippen LogP contribution is -2.05. The highest BCUT2D eigenvalue weighted by Crippen LogP contribution is 2.31. The molecule has 0 heterocycles. The molecule has 0 aliphatic rings. The number of nitrogens with two attached hydrogens (primary N) is 1. The third-order valence-corrected chi connectivity index (χ3v) is 3.46. The maximum absolute atomic E-state index is 11.7. The fraction of sp³-hybridized carbons (Fsp3) is 0.188. The zero-order valence-corrected chi connectivity index (χ0v) is 13.4. The minimum Gasteiger partial charge on any atom is -0.497 e. The molecule has 0 saturated heterocycles. The van der Waals surface area contributed by atoms with E-state index in [9.17, 15) is 4.79 Å². The highest BCUT2D eigenvalue weighted by atomic mass is 79.9. The topological polar surface area (TPSA) is 61.6 Å². The van der Waals surface area contributed by atoms with Gasteiger partial charge >= 0.3 is 0 Å². The van der Waals surface area contributed by atoms with Crippen LogP contribution in [-0.4, -0.2) is 12.9 Å². The van der Waals surface area contributed by atoms with Crippen LogP contribution in [0.25, 0.3) is 0 Å². The molecule has 21 heavy (non-hydrogen) atoms. The first-order valence-electron chi connectivity index (χ1n) is 6.37. The van der Waals surface area contributed by atoms with Crippen molar-refractivity contribution in [2.75, 3.05) is 12.8 Å². The molecule has 0 aliphatic heterocycles. The molecule has 0 aliphatic carbocycles. The van der Waals surface area contributed by atoms with Gasteiger partial charge in [-0.05, 0) is 36.8 Å². The van der Waals surface area contributed by atoms with Crippen molar-refractivity contribution in [1.29, 1.82) is 0 Å². The van der Waals surface area contributed by atoms with Crippen LogP contribution >= 0.6 is 15.9 Å². The molecule has 0 bridgehead atoms. The van der Waals surface area contributed by atoms with Gasteiger partial charge in [0.2, 0.25) is 0 Å². The van der Waals surface area contributed by atoms with E-state index in [-0.39, 0.29) is 5.78 Å². The first-order valence-corrected chi connectivity index (χ1v) is 7.16. The molecular weight excluding hydrogens is 334 g/mol. The van der Waals surface area contributed by atoms with Gasteiger partial charge < -0.3 is 15.2 Å².